The molecule has 0 fully saturated rings. The molecule has 0 saturated heterocycles. The number of aromatic nitrogens is 2. The molecule has 34 heavy (non-hydrogen) atoms. The number of fused-ring (bicyclic) bond motifs is 1. The van der Waals surface area contributed by atoms with Crippen molar-refractivity contribution in [3.05, 3.63) is 102 Å². The van der Waals surface area contributed by atoms with Gasteiger partial charge in [0.05, 0.1) is 38.9 Å². The lowest BCUT2D eigenvalue weighted by atomic mass is 10.1. The summed E-state index contributed by atoms with van der Waals surface area (Å²) in [6, 6.07) is 19.7. The van der Waals surface area contributed by atoms with Crippen LogP contribution in [0, 0.1) is 14.9 Å². The van der Waals surface area contributed by atoms with Gasteiger partial charge in [-0.25, -0.2) is 4.79 Å². The van der Waals surface area contributed by atoms with Crippen LogP contribution in [0.3, 0.4) is 0 Å². The number of ether oxygens (including phenoxy) is 2. The molecule has 0 aliphatic heterocycles. The van der Waals surface area contributed by atoms with Crippen molar-refractivity contribution in [3.63, 3.8) is 0 Å². The van der Waals surface area contributed by atoms with Crippen LogP contribution in [0.2, 0.25) is 0 Å². The maximum atomic E-state index is 12.7. The van der Waals surface area contributed by atoms with Gasteiger partial charge in [0, 0.05) is 5.56 Å². The molecule has 8 nitrogen and oxygen atoms in total. The summed E-state index contributed by atoms with van der Waals surface area (Å²) in [7, 11) is 0. The molecule has 0 atom stereocenters. The molecule has 0 amide bonds. The second-order valence-corrected chi connectivity index (χ2v) is 8.32. The molecule has 3 aromatic carbocycles. The fourth-order valence-corrected chi connectivity index (χ4v) is 4.13. The highest BCUT2D eigenvalue weighted by atomic mass is 127. The lowest BCUT2D eigenvalue weighted by Crippen LogP contribution is -2.32. The Morgan fingerprint density at radius 3 is 2.68 bits per heavy atom. The van der Waals surface area contributed by atoms with Crippen LogP contribution in [0.15, 0.2) is 75.4 Å². The summed E-state index contributed by atoms with van der Waals surface area (Å²) in [4.78, 5) is 27.7. The van der Waals surface area contributed by atoms with Crippen LogP contribution in [0.5, 0.6) is 11.5 Å². The molecule has 0 saturated carbocycles. The molecule has 0 unspecified atom stereocenters. The van der Waals surface area contributed by atoms with Crippen molar-refractivity contribution in [1.82, 2.24) is 9.66 Å². The molecule has 1 aromatic heterocycles. The first-order chi connectivity index (χ1) is 16.5. The molecule has 170 valence electrons. The predicted octanol–water partition coefficient (Wildman–Crippen LogP) is 4.03. The number of hydrogen-bond acceptors (Lipinski definition) is 6. The van der Waals surface area contributed by atoms with Gasteiger partial charge in [0.2, 0.25) is 0 Å². The summed E-state index contributed by atoms with van der Waals surface area (Å²) in [6.07, 6.45) is 1.42. The molecule has 4 aromatic rings. The highest BCUT2D eigenvalue weighted by molar-refractivity contribution is 14.1. The van der Waals surface area contributed by atoms with Crippen molar-refractivity contribution in [2.45, 2.75) is 13.5 Å². The van der Waals surface area contributed by atoms with Crippen LogP contribution in [0.25, 0.3) is 10.9 Å². The number of nitrogens with zero attached hydrogens (tertiary/aromatic N) is 3. The van der Waals surface area contributed by atoms with Crippen molar-refractivity contribution >= 4 is 39.7 Å². The van der Waals surface area contributed by atoms with Gasteiger partial charge in [-0.05, 0) is 65.4 Å². The van der Waals surface area contributed by atoms with E-state index in [2.05, 4.69) is 38.7 Å². The van der Waals surface area contributed by atoms with E-state index >= 15 is 0 Å². The summed E-state index contributed by atoms with van der Waals surface area (Å²) in [5.41, 5.74) is 1.25. The van der Waals surface area contributed by atoms with Crippen molar-refractivity contribution in [1.29, 1.82) is 5.26 Å². The van der Waals surface area contributed by atoms with Crippen LogP contribution in [0.4, 0.5) is 0 Å². The third kappa shape index (κ3) is 4.87. The molecule has 0 aliphatic rings. The van der Waals surface area contributed by atoms with E-state index in [1.807, 2.05) is 19.1 Å². The lowest BCUT2D eigenvalue weighted by molar-refractivity contribution is 0.267. The number of H-pyrrole nitrogens is 1. The van der Waals surface area contributed by atoms with Crippen molar-refractivity contribution in [2.24, 2.45) is 5.10 Å². The topological polar surface area (TPSA) is 109 Å². The van der Waals surface area contributed by atoms with Gasteiger partial charge in [-0.3, -0.25) is 4.79 Å². The maximum absolute atomic E-state index is 12.7. The second kappa shape index (κ2) is 10.4. The van der Waals surface area contributed by atoms with Gasteiger partial charge < -0.3 is 14.5 Å². The molecule has 0 bridgehead atoms. The Labute approximate surface area is 208 Å². The number of aromatic amines is 1. The van der Waals surface area contributed by atoms with Crippen LogP contribution < -0.4 is 20.7 Å². The number of rotatable bonds is 7. The molecule has 1 N–H and O–H groups in total. The van der Waals surface area contributed by atoms with E-state index in [9.17, 15) is 14.9 Å². The largest absolute Gasteiger partial charge is 0.490 e. The van der Waals surface area contributed by atoms with Crippen LogP contribution in [0.1, 0.15) is 23.6 Å². The van der Waals surface area contributed by atoms with E-state index in [4.69, 9.17) is 9.47 Å². The van der Waals surface area contributed by atoms with Crippen molar-refractivity contribution in [2.75, 3.05) is 6.61 Å². The lowest BCUT2D eigenvalue weighted by Gasteiger charge is -2.15. The summed E-state index contributed by atoms with van der Waals surface area (Å²) < 4.78 is 13.3. The van der Waals surface area contributed by atoms with Crippen LogP contribution in [-0.2, 0) is 6.61 Å². The number of nitriles is 1. The number of para-hydroxylation sites is 1. The van der Waals surface area contributed by atoms with Crippen molar-refractivity contribution < 1.29 is 9.47 Å². The molecule has 9 heteroatoms. The Morgan fingerprint density at radius 2 is 1.88 bits per heavy atom. The maximum Gasteiger partial charge on any atom is 0.349 e. The molecule has 0 radical (unpaired) electrons. The average molecular weight is 566 g/mol. The minimum atomic E-state index is -0.629. The zero-order chi connectivity index (χ0) is 24.1. The Kier molecular flexibility index (Phi) is 7.08. The van der Waals surface area contributed by atoms with E-state index in [0.29, 0.717) is 40.1 Å². The van der Waals surface area contributed by atoms with Gasteiger partial charge in [0.1, 0.15) is 6.61 Å². The molecule has 0 aliphatic carbocycles. The van der Waals surface area contributed by atoms with Crippen molar-refractivity contribution in [3.8, 4) is 17.6 Å². The standard InChI is InChI=1S/C25H19IN4O4/c1-2-33-22-12-16(11-20(26)23(22)34-15-18-8-4-3-7-17(18)13-27)14-28-30-24(31)19-9-5-6-10-21(19)29-25(30)32/h3-12,14H,2,15H2,1H3,(H,29,32). The first-order valence-electron chi connectivity index (χ1n) is 10.4. The van der Waals surface area contributed by atoms with Gasteiger partial charge in [0.15, 0.2) is 11.5 Å². The normalized spacial score (nSPS) is 11.0. The highest BCUT2D eigenvalue weighted by Crippen LogP contribution is 2.34. The predicted molar refractivity (Wildman–Crippen MR) is 138 cm³/mol. The Hall–Kier alpha value is -3.91. The zero-order valence-corrected chi connectivity index (χ0v) is 20.3. The number of nitrogens with one attached hydrogen (secondary N) is 1. The van der Waals surface area contributed by atoms with Gasteiger partial charge in [-0.1, -0.05) is 30.3 Å². The molecular formula is C25H19IN4O4. The van der Waals surface area contributed by atoms with E-state index in [1.54, 1.807) is 48.5 Å². The fraction of sp³-hybridized carbons (Fsp3) is 0.120. The van der Waals surface area contributed by atoms with Gasteiger partial charge >= 0.3 is 5.69 Å². The summed E-state index contributed by atoms with van der Waals surface area (Å²) >= 11 is 2.12. The van der Waals surface area contributed by atoms with Crippen LogP contribution >= 0.6 is 22.6 Å². The van der Waals surface area contributed by atoms with E-state index < -0.39 is 11.2 Å². The first kappa shape index (κ1) is 23.3. The quantitative estimate of drug-likeness (QED) is 0.269. The number of hydrogen-bond donors (Lipinski definition) is 1. The average Bonchev–Trinajstić information content (AvgIpc) is 2.84. The Morgan fingerprint density at radius 1 is 1.12 bits per heavy atom. The first-order valence-corrected chi connectivity index (χ1v) is 11.4. The van der Waals surface area contributed by atoms with Gasteiger partial charge in [-0.15, -0.1) is 4.68 Å². The van der Waals surface area contributed by atoms with E-state index in [1.165, 1.54) is 6.21 Å². The third-order valence-corrected chi connectivity index (χ3v) is 5.75. The third-order valence-electron chi connectivity index (χ3n) is 4.95. The zero-order valence-electron chi connectivity index (χ0n) is 18.1. The fourth-order valence-electron chi connectivity index (χ4n) is 3.35. The second-order valence-electron chi connectivity index (χ2n) is 7.16. The Balaban J connectivity index is 1.66. The molecule has 1 heterocycles. The number of halogens is 1. The monoisotopic (exact) mass is 566 g/mol. The minimum absolute atomic E-state index is 0.203. The van der Waals surface area contributed by atoms with Gasteiger partial charge in [0.25, 0.3) is 5.56 Å². The smallest absolute Gasteiger partial charge is 0.349 e. The van der Waals surface area contributed by atoms with Gasteiger partial charge in [-0.2, -0.15) is 10.4 Å². The molecule has 4 rings (SSSR count). The SMILES string of the molecule is CCOc1cc(C=Nn2c(=O)[nH]c3ccccc3c2=O)cc(I)c1OCc1ccccc1C#N. The summed E-state index contributed by atoms with van der Waals surface area (Å²) in [5, 5.41) is 13.8. The van der Waals surface area contributed by atoms with E-state index in [0.717, 1.165) is 13.8 Å². The minimum Gasteiger partial charge on any atom is -0.490 e. The highest BCUT2D eigenvalue weighted by Gasteiger charge is 2.13. The Bertz CT molecular complexity index is 1550. The molecular weight excluding hydrogens is 547 g/mol. The molecule has 0 spiro atoms. The summed E-state index contributed by atoms with van der Waals surface area (Å²) in [6.45, 7) is 2.47. The number of benzene rings is 3. The van der Waals surface area contributed by atoms with E-state index in [-0.39, 0.29) is 6.61 Å². The summed E-state index contributed by atoms with van der Waals surface area (Å²) in [5.74, 6) is 1.03. The van der Waals surface area contributed by atoms with Crippen LogP contribution in [-0.4, -0.2) is 22.5 Å².